The Morgan fingerprint density at radius 1 is 1.12 bits per heavy atom. The van der Waals surface area contributed by atoms with E-state index >= 15 is 0 Å². The molecule has 8 nitrogen and oxygen atoms in total. The van der Waals surface area contributed by atoms with E-state index in [-0.39, 0.29) is 18.4 Å². The molecule has 0 aliphatic rings. The highest BCUT2D eigenvalue weighted by molar-refractivity contribution is 7.13. The molecule has 166 valence electrons. The van der Waals surface area contributed by atoms with E-state index in [1.54, 1.807) is 37.7 Å². The van der Waals surface area contributed by atoms with Gasteiger partial charge in [-0.2, -0.15) is 5.10 Å². The Morgan fingerprint density at radius 2 is 1.88 bits per heavy atom. The van der Waals surface area contributed by atoms with Gasteiger partial charge in [0.25, 0.3) is 0 Å². The van der Waals surface area contributed by atoms with Crippen molar-refractivity contribution in [2.45, 2.75) is 27.2 Å². The number of ether oxygens (including phenoxy) is 2. The van der Waals surface area contributed by atoms with Gasteiger partial charge in [-0.15, -0.1) is 11.3 Å². The van der Waals surface area contributed by atoms with E-state index in [9.17, 15) is 9.59 Å². The van der Waals surface area contributed by atoms with Crippen LogP contribution in [-0.4, -0.2) is 41.3 Å². The smallest absolute Gasteiger partial charge is 0.340 e. The number of esters is 2. The Bertz CT molecular complexity index is 1110. The number of anilines is 1. The molecule has 0 aliphatic carbocycles. The summed E-state index contributed by atoms with van der Waals surface area (Å²) < 4.78 is 10.1. The van der Waals surface area contributed by atoms with E-state index in [2.05, 4.69) is 20.5 Å². The normalized spacial score (nSPS) is 10.8. The number of thiazole rings is 1. The largest absolute Gasteiger partial charge is 0.466 e. The fourth-order valence-electron chi connectivity index (χ4n) is 2.93. The minimum Gasteiger partial charge on any atom is -0.466 e. The molecular formula is C23H24N4O4S. The van der Waals surface area contributed by atoms with E-state index in [1.165, 1.54) is 11.3 Å². The highest BCUT2D eigenvalue weighted by atomic mass is 32.1. The third-order valence-corrected chi connectivity index (χ3v) is 5.18. The van der Waals surface area contributed by atoms with Crippen molar-refractivity contribution in [3.05, 3.63) is 64.3 Å². The lowest BCUT2D eigenvalue weighted by Gasteiger charge is -2.11. The summed E-state index contributed by atoms with van der Waals surface area (Å²) in [5, 5.41) is 6.57. The molecule has 0 saturated carbocycles. The first-order valence-electron chi connectivity index (χ1n) is 10.1. The molecule has 3 aromatic rings. The lowest BCUT2D eigenvalue weighted by molar-refractivity contribution is -0.142. The number of hydrogen-bond donors (Lipinski definition) is 1. The molecule has 0 radical (unpaired) electrons. The fourth-order valence-corrected chi connectivity index (χ4v) is 3.59. The third-order valence-electron chi connectivity index (χ3n) is 4.38. The highest BCUT2D eigenvalue weighted by Crippen LogP contribution is 2.25. The second kappa shape index (κ2) is 11.1. The number of nitrogens with zero attached hydrogens (tertiary/aromatic N) is 3. The van der Waals surface area contributed by atoms with Gasteiger partial charge in [0.1, 0.15) is 0 Å². The standard InChI is InChI=1S/C23H24N4O4S/c1-4-30-19(28)12-18-14-32-23(26-18)27-25-13-16-6-8-17(9-7-16)21-20(22(29)31-5-2)15(3)10-11-24-21/h6-11,13-14H,4-5,12H2,1-3H3,(H,26,27). The Kier molecular flexibility index (Phi) is 8.04. The zero-order valence-electron chi connectivity index (χ0n) is 18.1. The van der Waals surface area contributed by atoms with Gasteiger partial charge >= 0.3 is 11.9 Å². The van der Waals surface area contributed by atoms with Gasteiger partial charge < -0.3 is 9.47 Å². The molecule has 0 aliphatic heterocycles. The first kappa shape index (κ1) is 23.1. The van der Waals surface area contributed by atoms with Crippen molar-refractivity contribution in [2.24, 2.45) is 5.10 Å². The minimum atomic E-state index is -0.381. The molecular weight excluding hydrogens is 428 g/mol. The maximum Gasteiger partial charge on any atom is 0.340 e. The van der Waals surface area contributed by atoms with Gasteiger partial charge in [-0.25, -0.2) is 9.78 Å². The Morgan fingerprint density at radius 3 is 2.59 bits per heavy atom. The average Bonchev–Trinajstić information content (AvgIpc) is 3.21. The summed E-state index contributed by atoms with van der Waals surface area (Å²) in [5.74, 6) is -0.684. The molecule has 2 heterocycles. The Labute approximate surface area is 190 Å². The van der Waals surface area contributed by atoms with Gasteiger partial charge in [-0.1, -0.05) is 24.3 Å². The van der Waals surface area contributed by atoms with Crippen molar-refractivity contribution >= 4 is 34.6 Å². The number of hydrogen-bond acceptors (Lipinski definition) is 9. The predicted molar refractivity (Wildman–Crippen MR) is 124 cm³/mol. The Hall–Kier alpha value is -3.59. The van der Waals surface area contributed by atoms with E-state index in [1.807, 2.05) is 31.2 Å². The Balaban J connectivity index is 1.67. The molecule has 9 heteroatoms. The summed E-state index contributed by atoms with van der Waals surface area (Å²) in [4.78, 5) is 32.6. The van der Waals surface area contributed by atoms with Crippen LogP contribution < -0.4 is 5.43 Å². The fraction of sp³-hybridized carbons (Fsp3) is 0.261. The number of aromatic nitrogens is 2. The SMILES string of the molecule is CCOC(=O)Cc1csc(NN=Cc2ccc(-c3nccc(C)c3C(=O)OCC)cc2)n1. The molecule has 0 fully saturated rings. The monoisotopic (exact) mass is 452 g/mol. The van der Waals surface area contributed by atoms with Crippen LogP contribution in [0.25, 0.3) is 11.3 Å². The lowest BCUT2D eigenvalue weighted by Crippen LogP contribution is -2.09. The van der Waals surface area contributed by atoms with Crippen LogP contribution in [0, 0.1) is 6.92 Å². The number of nitrogens with one attached hydrogen (secondary N) is 1. The van der Waals surface area contributed by atoms with Gasteiger partial charge in [0.2, 0.25) is 5.13 Å². The molecule has 32 heavy (non-hydrogen) atoms. The van der Waals surface area contributed by atoms with E-state index in [4.69, 9.17) is 9.47 Å². The second-order valence-electron chi connectivity index (χ2n) is 6.69. The van der Waals surface area contributed by atoms with Crippen molar-refractivity contribution < 1.29 is 19.1 Å². The quantitative estimate of drug-likeness (QED) is 0.294. The molecule has 0 saturated heterocycles. The van der Waals surface area contributed by atoms with Crippen LogP contribution in [-0.2, 0) is 20.7 Å². The lowest BCUT2D eigenvalue weighted by atomic mass is 10.0. The van der Waals surface area contributed by atoms with Gasteiger partial charge in [0.05, 0.1) is 42.8 Å². The van der Waals surface area contributed by atoms with Crippen molar-refractivity contribution in [2.75, 3.05) is 18.6 Å². The summed E-state index contributed by atoms with van der Waals surface area (Å²) >= 11 is 1.36. The van der Waals surface area contributed by atoms with Gasteiger partial charge in [0, 0.05) is 17.1 Å². The first-order chi connectivity index (χ1) is 15.5. The second-order valence-corrected chi connectivity index (χ2v) is 7.55. The number of aryl methyl sites for hydroxylation is 1. The van der Waals surface area contributed by atoms with E-state index in [0.717, 1.165) is 16.7 Å². The topological polar surface area (TPSA) is 103 Å². The molecule has 0 atom stereocenters. The number of rotatable bonds is 9. The minimum absolute atomic E-state index is 0.137. The molecule has 0 amide bonds. The van der Waals surface area contributed by atoms with Crippen LogP contribution in [0.1, 0.15) is 41.0 Å². The summed E-state index contributed by atoms with van der Waals surface area (Å²) in [7, 11) is 0. The van der Waals surface area contributed by atoms with Crippen LogP contribution in [0.15, 0.2) is 47.0 Å². The maximum absolute atomic E-state index is 12.4. The molecule has 0 bridgehead atoms. The average molecular weight is 453 g/mol. The summed E-state index contributed by atoms with van der Waals surface area (Å²) in [6.07, 6.45) is 3.47. The van der Waals surface area contributed by atoms with Crippen LogP contribution in [0.3, 0.4) is 0 Å². The van der Waals surface area contributed by atoms with Crippen LogP contribution >= 0.6 is 11.3 Å². The molecule has 0 unspecified atom stereocenters. The van der Waals surface area contributed by atoms with Crippen LogP contribution in [0.4, 0.5) is 5.13 Å². The summed E-state index contributed by atoms with van der Waals surface area (Å²) in [6, 6.07) is 9.32. The number of pyridine rings is 1. The first-order valence-corrected chi connectivity index (χ1v) is 11.0. The molecule has 2 aromatic heterocycles. The highest BCUT2D eigenvalue weighted by Gasteiger charge is 2.17. The zero-order chi connectivity index (χ0) is 22.9. The maximum atomic E-state index is 12.4. The number of hydrazone groups is 1. The number of benzene rings is 1. The zero-order valence-corrected chi connectivity index (χ0v) is 18.9. The van der Waals surface area contributed by atoms with Crippen LogP contribution in [0.2, 0.25) is 0 Å². The van der Waals surface area contributed by atoms with Crippen molar-refractivity contribution in [1.82, 2.24) is 9.97 Å². The van der Waals surface area contributed by atoms with Gasteiger partial charge in [-0.3, -0.25) is 15.2 Å². The van der Waals surface area contributed by atoms with Crippen molar-refractivity contribution in [3.8, 4) is 11.3 Å². The number of carbonyl (C=O) groups is 2. The van der Waals surface area contributed by atoms with E-state index < -0.39 is 0 Å². The van der Waals surface area contributed by atoms with E-state index in [0.29, 0.717) is 35.3 Å². The molecule has 1 N–H and O–H groups in total. The molecule has 1 aromatic carbocycles. The number of carbonyl (C=O) groups excluding carboxylic acids is 2. The van der Waals surface area contributed by atoms with Gasteiger partial charge in [-0.05, 0) is 38.0 Å². The third kappa shape index (κ3) is 5.98. The van der Waals surface area contributed by atoms with Crippen molar-refractivity contribution in [3.63, 3.8) is 0 Å². The van der Waals surface area contributed by atoms with Gasteiger partial charge in [0.15, 0.2) is 0 Å². The molecule has 0 spiro atoms. The summed E-state index contributed by atoms with van der Waals surface area (Å²) in [6.45, 7) is 6.06. The summed E-state index contributed by atoms with van der Waals surface area (Å²) in [5.41, 5.74) is 7.04. The molecule has 3 rings (SSSR count). The van der Waals surface area contributed by atoms with Crippen molar-refractivity contribution in [1.29, 1.82) is 0 Å². The van der Waals surface area contributed by atoms with Crippen LogP contribution in [0.5, 0.6) is 0 Å². The predicted octanol–water partition coefficient (Wildman–Crippen LogP) is 4.24.